The second-order valence-corrected chi connectivity index (χ2v) is 8.02. The molecule has 0 fully saturated rings. The first kappa shape index (κ1) is 17.9. The molecule has 7 nitrogen and oxygen atoms in total. The largest absolute Gasteiger partial charge is 0.505 e. The molecular weight excluding hydrogens is 383 g/mol. The highest BCUT2D eigenvalue weighted by atomic mass is 32.2. The molecule has 0 unspecified atom stereocenters. The van der Waals surface area contributed by atoms with Crippen molar-refractivity contribution in [3.63, 3.8) is 0 Å². The first-order valence-electron chi connectivity index (χ1n) is 8.21. The van der Waals surface area contributed by atoms with E-state index in [4.69, 9.17) is 0 Å². The molecule has 2 N–H and O–H groups in total. The van der Waals surface area contributed by atoms with Crippen LogP contribution in [-0.2, 0) is 10.0 Å². The smallest absolute Gasteiger partial charge is 0.230 e. The predicted octanol–water partition coefficient (Wildman–Crippen LogP) is 3.30. The second kappa shape index (κ2) is 6.61. The van der Waals surface area contributed by atoms with Crippen LogP contribution in [0.4, 0.5) is 10.2 Å². The number of nitrogens with zero attached hydrogens (tertiary/aromatic N) is 3. The van der Waals surface area contributed by atoms with Gasteiger partial charge in [0.1, 0.15) is 5.82 Å². The number of aromatic nitrogens is 3. The average molecular weight is 398 g/mol. The second-order valence-electron chi connectivity index (χ2n) is 6.27. The number of fused-ring (bicyclic) bond motifs is 1. The number of nitrogens with one attached hydrogen (secondary N) is 1. The van der Waals surface area contributed by atoms with Crippen molar-refractivity contribution in [2.75, 3.05) is 11.0 Å². The molecule has 0 bridgehead atoms. The van der Waals surface area contributed by atoms with Gasteiger partial charge in [-0.1, -0.05) is 6.07 Å². The van der Waals surface area contributed by atoms with Crippen LogP contribution in [0.15, 0.2) is 60.9 Å². The van der Waals surface area contributed by atoms with Crippen LogP contribution in [0.2, 0.25) is 0 Å². The van der Waals surface area contributed by atoms with Gasteiger partial charge in [0.2, 0.25) is 10.0 Å². The maximum absolute atomic E-state index is 13.3. The summed E-state index contributed by atoms with van der Waals surface area (Å²) in [5, 5.41) is 14.8. The van der Waals surface area contributed by atoms with Crippen molar-refractivity contribution in [3.05, 3.63) is 66.7 Å². The van der Waals surface area contributed by atoms with E-state index < -0.39 is 21.6 Å². The van der Waals surface area contributed by atoms with E-state index in [1.54, 1.807) is 29.2 Å². The molecule has 2 aromatic heterocycles. The van der Waals surface area contributed by atoms with Crippen molar-refractivity contribution in [3.8, 4) is 22.6 Å². The third-order valence-corrected chi connectivity index (χ3v) is 4.71. The SMILES string of the molecule is CS(=O)(=O)Nc1ccc(-c2ccc3c(cnn3-c3ccc(F)c(O)c3)c2)cn1. The van der Waals surface area contributed by atoms with Crippen LogP contribution >= 0.6 is 0 Å². The van der Waals surface area contributed by atoms with E-state index in [9.17, 15) is 17.9 Å². The lowest BCUT2D eigenvalue weighted by atomic mass is 10.1. The molecule has 0 saturated heterocycles. The highest BCUT2D eigenvalue weighted by Gasteiger charge is 2.10. The standard InChI is InChI=1S/C19H15FN4O3S/c1-28(26,27)23-19-7-3-13(10-21-19)12-2-6-17-14(8-12)11-22-24(17)15-4-5-16(20)18(25)9-15/h2-11,25H,1H3,(H,21,23). The van der Waals surface area contributed by atoms with Gasteiger partial charge in [-0.2, -0.15) is 5.10 Å². The van der Waals surface area contributed by atoms with E-state index in [1.165, 1.54) is 18.2 Å². The minimum Gasteiger partial charge on any atom is -0.505 e. The topological polar surface area (TPSA) is 97.1 Å². The Morgan fingerprint density at radius 3 is 2.50 bits per heavy atom. The summed E-state index contributed by atoms with van der Waals surface area (Å²) in [6, 6.07) is 13.0. The zero-order valence-corrected chi connectivity index (χ0v) is 15.5. The fraction of sp³-hybridized carbons (Fsp3) is 0.0526. The summed E-state index contributed by atoms with van der Waals surface area (Å²) in [7, 11) is -3.38. The van der Waals surface area contributed by atoms with E-state index in [0.29, 0.717) is 5.69 Å². The summed E-state index contributed by atoms with van der Waals surface area (Å²) in [5.41, 5.74) is 3.03. The molecule has 0 saturated carbocycles. The van der Waals surface area contributed by atoms with Crippen molar-refractivity contribution in [2.24, 2.45) is 0 Å². The molecule has 0 aliphatic heterocycles. The molecule has 142 valence electrons. The number of phenols is 1. The van der Waals surface area contributed by atoms with E-state index in [-0.39, 0.29) is 5.82 Å². The van der Waals surface area contributed by atoms with Gasteiger partial charge in [-0.15, -0.1) is 0 Å². The Labute approximate surface area is 160 Å². The van der Waals surface area contributed by atoms with Crippen molar-refractivity contribution in [1.82, 2.24) is 14.8 Å². The lowest BCUT2D eigenvalue weighted by molar-refractivity contribution is 0.432. The lowest BCUT2D eigenvalue weighted by Crippen LogP contribution is -2.10. The Morgan fingerprint density at radius 1 is 1.04 bits per heavy atom. The van der Waals surface area contributed by atoms with Crippen LogP contribution in [0, 0.1) is 5.82 Å². The first-order valence-corrected chi connectivity index (χ1v) is 10.1. The summed E-state index contributed by atoms with van der Waals surface area (Å²) in [6.45, 7) is 0. The number of pyridine rings is 1. The maximum atomic E-state index is 13.3. The molecule has 2 aromatic carbocycles. The maximum Gasteiger partial charge on any atom is 0.230 e. The number of halogens is 1. The molecule has 28 heavy (non-hydrogen) atoms. The van der Waals surface area contributed by atoms with Crippen LogP contribution < -0.4 is 4.72 Å². The van der Waals surface area contributed by atoms with Crippen molar-refractivity contribution in [1.29, 1.82) is 0 Å². The molecule has 0 aliphatic carbocycles. The lowest BCUT2D eigenvalue weighted by Gasteiger charge is -2.07. The van der Waals surface area contributed by atoms with E-state index in [0.717, 1.165) is 28.3 Å². The number of rotatable bonds is 4. The van der Waals surface area contributed by atoms with Crippen molar-refractivity contribution >= 4 is 26.7 Å². The third-order valence-electron chi connectivity index (χ3n) is 4.13. The van der Waals surface area contributed by atoms with Gasteiger partial charge in [-0.25, -0.2) is 22.5 Å². The molecular formula is C19H15FN4O3S. The van der Waals surface area contributed by atoms with Gasteiger partial charge in [-0.3, -0.25) is 4.72 Å². The molecule has 0 radical (unpaired) electrons. The highest BCUT2D eigenvalue weighted by Crippen LogP contribution is 2.27. The predicted molar refractivity (Wildman–Crippen MR) is 104 cm³/mol. The van der Waals surface area contributed by atoms with Gasteiger partial charge < -0.3 is 5.11 Å². The molecule has 0 amide bonds. The van der Waals surface area contributed by atoms with E-state index in [2.05, 4.69) is 14.8 Å². The fourth-order valence-corrected chi connectivity index (χ4v) is 3.37. The number of benzene rings is 2. The molecule has 2 heterocycles. The monoisotopic (exact) mass is 398 g/mol. The van der Waals surface area contributed by atoms with E-state index >= 15 is 0 Å². The zero-order chi connectivity index (χ0) is 19.9. The first-order chi connectivity index (χ1) is 13.3. The molecule has 4 rings (SSSR count). The Kier molecular flexibility index (Phi) is 4.23. The van der Waals surface area contributed by atoms with Crippen LogP contribution in [0.1, 0.15) is 0 Å². The average Bonchev–Trinajstić information content (AvgIpc) is 3.06. The van der Waals surface area contributed by atoms with Crippen LogP contribution in [-0.4, -0.2) is 34.5 Å². The summed E-state index contributed by atoms with van der Waals surface area (Å²) in [4.78, 5) is 4.12. The molecule has 9 heteroatoms. The minimum atomic E-state index is -3.38. The number of anilines is 1. The summed E-state index contributed by atoms with van der Waals surface area (Å²) < 4.78 is 39.7. The Morgan fingerprint density at radius 2 is 1.82 bits per heavy atom. The highest BCUT2D eigenvalue weighted by molar-refractivity contribution is 7.92. The molecule has 0 atom stereocenters. The number of hydrogen-bond donors (Lipinski definition) is 2. The number of hydrogen-bond acceptors (Lipinski definition) is 5. The molecule has 0 spiro atoms. The van der Waals surface area contributed by atoms with Crippen molar-refractivity contribution in [2.45, 2.75) is 0 Å². The quantitative estimate of drug-likeness (QED) is 0.550. The summed E-state index contributed by atoms with van der Waals surface area (Å²) in [6.07, 6.45) is 4.32. The van der Waals surface area contributed by atoms with E-state index in [1.807, 2.05) is 18.2 Å². The molecule has 0 aliphatic rings. The summed E-state index contributed by atoms with van der Waals surface area (Å²) in [5.74, 6) is -0.883. The van der Waals surface area contributed by atoms with Gasteiger partial charge in [0.15, 0.2) is 11.6 Å². The van der Waals surface area contributed by atoms with Crippen LogP contribution in [0.5, 0.6) is 5.75 Å². The third kappa shape index (κ3) is 3.52. The normalized spacial score (nSPS) is 11.6. The van der Waals surface area contributed by atoms with Gasteiger partial charge in [0.05, 0.1) is 23.7 Å². The Hall–Kier alpha value is -3.46. The Balaban J connectivity index is 1.68. The Bertz CT molecular complexity index is 1280. The zero-order valence-electron chi connectivity index (χ0n) is 14.7. The van der Waals surface area contributed by atoms with Crippen LogP contribution in [0.25, 0.3) is 27.7 Å². The minimum absolute atomic E-state index is 0.247. The van der Waals surface area contributed by atoms with Gasteiger partial charge in [0, 0.05) is 23.2 Å². The van der Waals surface area contributed by atoms with Gasteiger partial charge >= 0.3 is 0 Å². The van der Waals surface area contributed by atoms with Crippen LogP contribution in [0.3, 0.4) is 0 Å². The van der Waals surface area contributed by atoms with Gasteiger partial charge in [-0.05, 0) is 42.0 Å². The number of phenolic OH excluding ortho intramolecular Hbond substituents is 1. The fourth-order valence-electron chi connectivity index (χ4n) is 2.87. The van der Waals surface area contributed by atoms with Gasteiger partial charge in [0.25, 0.3) is 0 Å². The van der Waals surface area contributed by atoms with Crippen molar-refractivity contribution < 1.29 is 17.9 Å². The summed E-state index contributed by atoms with van der Waals surface area (Å²) >= 11 is 0. The number of aromatic hydroxyl groups is 1. The molecule has 4 aromatic rings. The number of sulfonamides is 1.